The minimum atomic E-state index is -0.894. The predicted octanol–water partition coefficient (Wildman–Crippen LogP) is 3.29. The van der Waals surface area contributed by atoms with E-state index in [1.54, 1.807) is 35.7 Å². The Hall–Kier alpha value is -2.86. The van der Waals surface area contributed by atoms with Crippen LogP contribution in [0.25, 0.3) is 10.4 Å². The van der Waals surface area contributed by atoms with Crippen molar-refractivity contribution >= 4 is 55.9 Å². The number of nitrogens with zero attached hydrogens (tertiary/aromatic N) is 2. The number of rotatable bonds is 6. The molecule has 11 heteroatoms. The summed E-state index contributed by atoms with van der Waals surface area (Å²) in [6, 6.07) is 10.6. The fourth-order valence-corrected chi connectivity index (χ4v) is 5.20. The van der Waals surface area contributed by atoms with Crippen LogP contribution in [0.15, 0.2) is 60.2 Å². The van der Waals surface area contributed by atoms with E-state index >= 15 is 0 Å². The number of aromatic nitrogens is 1. The number of benzene rings is 1. The summed E-state index contributed by atoms with van der Waals surface area (Å²) in [6.07, 6.45) is 3.68. The molecule has 2 aliphatic heterocycles. The van der Waals surface area contributed by atoms with Crippen LogP contribution in [0, 0.1) is 0 Å². The van der Waals surface area contributed by atoms with E-state index in [4.69, 9.17) is 4.74 Å². The van der Waals surface area contributed by atoms with Crippen LogP contribution < -0.4 is 5.32 Å². The van der Waals surface area contributed by atoms with Crippen molar-refractivity contribution in [2.75, 3.05) is 13.2 Å². The van der Waals surface area contributed by atoms with E-state index in [-0.39, 0.29) is 71.0 Å². The van der Waals surface area contributed by atoms with Crippen LogP contribution in [-0.2, 0) is 20.7 Å². The summed E-state index contributed by atoms with van der Waals surface area (Å²) in [5.41, 5.74) is 1.93. The predicted molar refractivity (Wildman–Crippen MR) is 153 cm³/mol. The number of fused-ring (bicyclic) bond motifs is 1. The van der Waals surface area contributed by atoms with Gasteiger partial charge < -0.3 is 20.1 Å². The fourth-order valence-electron chi connectivity index (χ4n) is 4.49. The molecule has 1 aromatic carbocycles. The molecule has 3 atom stereocenters. The van der Waals surface area contributed by atoms with Crippen LogP contribution >= 0.6 is 38.3 Å². The maximum Gasteiger partial charge on any atom is 0.253 e. The molecule has 2 saturated heterocycles. The number of pyridine rings is 1. The summed E-state index contributed by atoms with van der Waals surface area (Å²) in [6.45, 7) is 0.409. The second-order valence-corrected chi connectivity index (χ2v) is 9.36. The summed E-state index contributed by atoms with van der Waals surface area (Å²) >= 11 is 1.55. The van der Waals surface area contributed by atoms with Gasteiger partial charge in [0.15, 0.2) is 5.78 Å². The van der Waals surface area contributed by atoms with Crippen LogP contribution in [-0.4, -0.2) is 63.9 Å². The molecule has 2 amide bonds. The molecule has 0 radical (unpaired) electrons. The lowest BCUT2D eigenvalue weighted by molar-refractivity contribution is -0.138. The number of amides is 2. The van der Waals surface area contributed by atoms with Crippen LogP contribution in [0.3, 0.4) is 0 Å². The Morgan fingerprint density at radius 2 is 1.95 bits per heavy atom. The minimum absolute atomic E-state index is 0. The Morgan fingerprint density at radius 1 is 1.19 bits per heavy atom. The Bertz CT molecular complexity index is 1220. The van der Waals surface area contributed by atoms with Gasteiger partial charge in [0.1, 0.15) is 24.4 Å². The van der Waals surface area contributed by atoms with Crippen molar-refractivity contribution in [2.24, 2.45) is 0 Å². The number of carbonyl (C=O) groups excluding carboxylic acids is 3. The van der Waals surface area contributed by atoms with Crippen molar-refractivity contribution in [1.29, 1.82) is 0 Å². The lowest BCUT2D eigenvalue weighted by atomic mass is 10.0. The Balaban J connectivity index is 0.00000160. The molecule has 0 bridgehead atoms. The van der Waals surface area contributed by atoms with Crippen molar-refractivity contribution in [3.05, 3.63) is 71.4 Å². The molecular formula is C26H31N3O5S3. The second kappa shape index (κ2) is 13.1. The van der Waals surface area contributed by atoms with Crippen molar-refractivity contribution in [3.8, 4) is 16.2 Å². The van der Waals surface area contributed by atoms with Crippen LogP contribution in [0.2, 0.25) is 0 Å². The molecule has 5 rings (SSSR count). The first-order valence-corrected chi connectivity index (χ1v) is 11.9. The summed E-state index contributed by atoms with van der Waals surface area (Å²) in [7, 11) is 0. The van der Waals surface area contributed by atoms with Gasteiger partial charge in [0.05, 0.1) is 11.7 Å². The number of carbonyl (C=O) groups is 3. The molecule has 2 fully saturated rings. The standard InChI is InChI=1S/C25H23N3O5S.CH4.2H2S/c29-18-5-3-15(4-6-18)10-19(25(32)28-8-7-21-23(28)20(30)14-33-21)27-24(31)17-11-16(12-26-13-17)22-2-1-9-34-22;;;/h1-6,9,11-13,19,21,23,29H,7-8,10,14H2,(H,27,31);1H4;2*1H2/t19-,21+,23+;;;/m0.../s1. The molecular weight excluding hydrogens is 531 g/mol. The van der Waals surface area contributed by atoms with Crippen LogP contribution in [0.5, 0.6) is 5.75 Å². The number of ketones is 1. The van der Waals surface area contributed by atoms with Gasteiger partial charge >= 0.3 is 0 Å². The Kier molecular flexibility index (Phi) is 10.7. The average Bonchev–Trinajstić information content (AvgIpc) is 3.60. The Labute approximate surface area is 234 Å². The van der Waals surface area contributed by atoms with Crippen LogP contribution in [0.1, 0.15) is 29.8 Å². The molecule has 0 saturated carbocycles. The topological polar surface area (TPSA) is 109 Å². The summed E-state index contributed by atoms with van der Waals surface area (Å²) in [5, 5.41) is 14.4. The molecule has 37 heavy (non-hydrogen) atoms. The number of likely N-dealkylation sites (tertiary alicyclic amines) is 1. The molecule has 198 valence electrons. The maximum atomic E-state index is 13.6. The van der Waals surface area contributed by atoms with E-state index in [1.165, 1.54) is 23.2 Å². The number of hydrogen-bond acceptors (Lipinski definition) is 7. The molecule has 8 nitrogen and oxygen atoms in total. The lowest BCUT2D eigenvalue weighted by Gasteiger charge is -2.27. The largest absolute Gasteiger partial charge is 0.508 e. The van der Waals surface area contributed by atoms with E-state index in [0.717, 1.165) is 16.0 Å². The molecule has 4 heterocycles. The van der Waals surface area contributed by atoms with Gasteiger partial charge in [-0.2, -0.15) is 27.0 Å². The highest BCUT2D eigenvalue weighted by atomic mass is 32.1. The van der Waals surface area contributed by atoms with Crippen molar-refractivity contribution in [1.82, 2.24) is 15.2 Å². The fraction of sp³-hybridized carbons (Fsp3) is 0.308. The third kappa shape index (κ3) is 6.53. The van der Waals surface area contributed by atoms with Crippen molar-refractivity contribution < 1.29 is 24.2 Å². The summed E-state index contributed by atoms with van der Waals surface area (Å²) < 4.78 is 5.51. The highest BCUT2D eigenvalue weighted by molar-refractivity contribution is 7.59. The normalized spacial score (nSPS) is 18.6. The first-order chi connectivity index (χ1) is 16.5. The number of thiophene rings is 1. The number of phenols is 1. The van der Waals surface area contributed by atoms with E-state index in [2.05, 4.69) is 10.3 Å². The minimum Gasteiger partial charge on any atom is -0.508 e. The lowest BCUT2D eigenvalue weighted by Crippen LogP contribution is -2.53. The highest BCUT2D eigenvalue weighted by Crippen LogP contribution is 2.28. The van der Waals surface area contributed by atoms with Gasteiger partial charge in [-0.15, -0.1) is 11.3 Å². The van der Waals surface area contributed by atoms with E-state index in [1.807, 2.05) is 17.5 Å². The molecule has 0 aliphatic carbocycles. The zero-order chi connectivity index (χ0) is 23.7. The average molecular weight is 562 g/mol. The van der Waals surface area contributed by atoms with E-state index in [9.17, 15) is 19.5 Å². The molecule has 0 spiro atoms. The van der Waals surface area contributed by atoms with Gasteiger partial charge in [-0.05, 0) is 41.6 Å². The number of phenolic OH excluding ortho intramolecular Hbond substituents is 1. The van der Waals surface area contributed by atoms with E-state index < -0.39 is 18.0 Å². The summed E-state index contributed by atoms with van der Waals surface area (Å²) in [4.78, 5) is 45.8. The zero-order valence-electron chi connectivity index (χ0n) is 19.2. The van der Waals surface area contributed by atoms with Crippen LogP contribution in [0.4, 0.5) is 0 Å². The third-order valence-electron chi connectivity index (χ3n) is 6.18. The van der Waals surface area contributed by atoms with Gasteiger partial charge in [0.25, 0.3) is 5.91 Å². The number of hydrogen-bond donors (Lipinski definition) is 2. The van der Waals surface area contributed by atoms with Gasteiger partial charge in [0, 0.05) is 35.8 Å². The monoisotopic (exact) mass is 561 g/mol. The van der Waals surface area contributed by atoms with Crippen molar-refractivity contribution in [2.45, 2.75) is 38.5 Å². The highest BCUT2D eigenvalue weighted by Gasteiger charge is 2.48. The van der Waals surface area contributed by atoms with Gasteiger partial charge in [-0.1, -0.05) is 25.6 Å². The van der Waals surface area contributed by atoms with Gasteiger partial charge in [0.2, 0.25) is 5.91 Å². The molecule has 3 aromatic rings. The first kappa shape index (κ1) is 30.4. The zero-order valence-corrected chi connectivity index (χ0v) is 22.0. The SMILES string of the molecule is C.O=C(N[C@@H](Cc1ccc(O)cc1)C(=O)N1CC[C@H]2OCC(=O)[C@H]21)c1cncc(-c2cccs2)c1.S.S. The Morgan fingerprint density at radius 3 is 2.65 bits per heavy atom. The quantitative estimate of drug-likeness (QED) is 0.478. The maximum absolute atomic E-state index is 13.6. The van der Waals surface area contributed by atoms with Crippen molar-refractivity contribution in [3.63, 3.8) is 0 Å². The van der Waals surface area contributed by atoms with Gasteiger partial charge in [-0.25, -0.2) is 0 Å². The third-order valence-corrected chi connectivity index (χ3v) is 7.10. The van der Waals surface area contributed by atoms with E-state index in [0.29, 0.717) is 18.5 Å². The number of nitrogens with one attached hydrogen (secondary N) is 1. The summed E-state index contributed by atoms with van der Waals surface area (Å²) in [5.74, 6) is -0.746. The smallest absolute Gasteiger partial charge is 0.253 e. The molecule has 0 unspecified atom stereocenters. The first-order valence-electron chi connectivity index (χ1n) is 11.0. The molecule has 2 aliphatic rings. The molecule has 2 aromatic heterocycles. The van der Waals surface area contributed by atoms with Gasteiger partial charge in [-0.3, -0.25) is 19.4 Å². The number of ether oxygens (including phenoxy) is 1. The number of Topliss-reactive ketones (excluding diaryl/α,β-unsaturated/α-hetero) is 1. The molecule has 2 N–H and O–H groups in total. The second-order valence-electron chi connectivity index (χ2n) is 8.42. The number of aromatic hydroxyl groups is 1.